The molecule has 0 aliphatic heterocycles. The number of nitrogens with two attached hydrogens (primary N) is 1. The maximum Gasteiger partial charge on any atom is 0.422 e. The van der Waals surface area contributed by atoms with E-state index in [4.69, 9.17) is 10.9 Å². The number of halogens is 1. The quantitative estimate of drug-likeness (QED) is 0.265. The molecule has 0 heterocycles. The molecule has 0 aromatic heterocycles. The first-order valence-electron chi connectivity index (χ1n) is 4.95. The smallest absolute Gasteiger partial charge is 0.422 e. The number of nitrogens with zero attached hydrogens (tertiary/aromatic N) is 1. The van der Waals surface area contributed by atoms with Crippen LogP contribution in [0.3, 0.4) is 0 Å². The van der Waals surface area contributed by atoms with Gasteiger partial charge >= 0.3 is 16.3 Å². The van der Waals surface area contributed by atoms with Crippen LogP contribution in [-0.2, 0) is 14.9 Å². The van der Waals surface area contributed by atoms with Gasteiger partial charge in [-0.25, -0.2) is 13.9 Å². The lowest BCUT2D eigenvalue weighted by Crippen LogP contribution is -2.35. The number of amides is 1. The first-order chi connectivity index (χ1) is 9.29. The minimum Gasteiger partial charge on any atom is -0.452 e. The number of carbonyl (C=O) groups is 1. The third-order valence-corrected chi connectivity index (χ3v) is 2.94. The number of hydrogen-bond donors (Lipinski definition) is 4. The fourth-order valence-electron chi connectivity index (χ4n) is 1.19. The van der Waals surface area contributed by atoms with Gasteiger partial charge in [0.25, 0.3) is 0 Å². The van der Waals surface area contributed by atoms with Gasteiger partial charge in [0, 0.05) is 5.56 Å². The van der Waals surface area contributed by atoms with Crippen molar-refractivity contribution in [3.8, 4) is 0 Å². The Labute approximate surface area is 113 Å². The summed E-state index contributed by atoms with van der Waals surface area (Å²) in [5.41, 5.74) is 4.89. The van der Waals surface area contributed by atoms with E-state index < -0.39 is 28.0 Å². The van der Waals surface area contributed by atoms with Gasteiger partial charge in [0.2, 0.25) is 0 Å². The van der Waals surface area contributed by atoms with Gasteiger partial charge in [-0.05, 0) is 18.2 Å². The third-order valence-electron chi connectivity index (χ3n) is 2.01. The van der Waals surface area contributed by atoms with E-state index in [9.17, 15) is 17.6 Å². The summed E-state index contributed by atoms with van der Waals surface area (Å²) in [5.74, 6) is -1.24. The topological polar surface area (TPSA) is 143 Å². The molecule has 1 aromatic carbocycles. The van der Waals surface area contributed by atoms with Crippen LogP contribution in [-0.4, -0.2) is 32.7 Å². The van der Waals surface area contributed by atoms with Gasteiger partial charge in [-0.15, -0.1) is 0 Å². The maximum atomic E-state index is 13.1. The van der Waals surface area contributed by atoms with Gasteiger partial charge in [0.15, 0.2) is 5.84 Å². The molecule has 0 unspecified atom stereocenters. The van der Waals surface area contributed by atoms with Crippen LogP contribution in [0.1, 0.15) is 5.56 Å². The van der Waals surface area contributed by atoms with Gasteiger partial charge in [-0.3, -0.25) is 4.72 Å². The van der Waals surface area contributed by atoms with E-state index >= 15 is 0 Å². The predicted octanol–water partition coefficient (Wildman–Crippen LogP) is -0.0671. The SMILES string of the molecule is COC(=O)NS(=O)(=O)Nc1ccc(F)cc1/C(N)=N/O. The molecular formula is C9H11FN4O5S. The zero-order valence-corrected chi connectivity index (χ0v) is 10.9. The number of oxime groups is 1. The summed E-state index contributed by atoms with van der Waals surface area (Å²) in [4.78, 5) is 10.8. The second-order valence-corrected chi connectivity index (χ2v) is 4.79. The van der Waals surface area contributed by atoms with Crippen molar-refractivity contribution in [1.29, 1.82) is 0 Å². The Morgan fingerprint density at radius 2 is 2.15 bits per heavy atom. The minimum atomic E-state index is -4.31. The molecule has 1 aromatic rings. The van der Waals surface area contributed by atoms with E-state index in [-0.39, 0.29) is 11.3 Å². The Morgan fingerprint density at radius 1 is 1.50 bits per heavy atom. The molecule has 0 aliphatic carbocycles. The highest BCUT2D eigenvalue weighted by Crippen LogP contribution is 2.17. The summed E-state index contributed by atoms with van der Waals surface area (Å²) >= 11 is 0. The maximum absolute atomic E-state index is 13.1. The van der Waals surface area contributed by atoms with Crippen LogP contribution in [0.4, 0.5) is 14.9 Å². The molecular weight excluding hydrogens is 295 g/mol. The Hall–Kier alpha value is -2.56. The molecule has 1 amide bonds. The number of carbonyl (C=O) groups excluding carboxylic acids is 1. The van der Waals surface area contributed by atoms with Crippen molar-refractivity contribution < 1.29 is 27.5 Å². The fraction of sp³-hybridized carbons (Fsp3) is 0.111. The molecule has 0 radical (unpaired) electrons. The molecule has 0 atom stereocenters. The molecule has 0 bridgehead atoms. The van der Waals surface area contributed by atoms with Crippen LogP contribution in [0, 0.1) is 5.82 Å². The number of rotatable bonds is 4. The fourth-order valence-corrected chi connectivity index (χ4v) is 2.01. The van der Waals surface area contributed by atoms with E-state index in [1.807, 2.05) is 4.72 Å². The van der Waals surface area contributed by atoms with Crippen molar-refractivity contribution in [3.63, 3.8) is 0 Å². The van der Waals surface area contributed by atoms with Crippen LogP contribution >= 0.6 is 0 Å². The summed E-state index contributed by atoms with van der Waals surface area (Å²) < 4.78 is 43.8. The second-order valence-electron chi connectivity index (χ2n) is 3.37. The third kappa shape index (κ3) is 3.98. The molecule has 11 heteroatoms. The lowest BCUT2D eigenvalue weighted by Gasteiger charge is -2.12. The average molecular weight is 306 g/mol. The monoisotopic (exact) mass is 306 g/mol. The van der Waals surface area contributed by atoms with Crippen molar-refractivity contribution >= 4 is 27.8 Å². The molecule has 5 N–H and O–H groups in total. The van der Waals surface area contributed by atoms with E-state index in [1.54, 1.807) is 0 Å². The van der Waals surface area contributed by atoms with Crippen molar-refractivity contribution in [3.05, 3.63) is 29.6 Å². The van der Waals surface area contributed by atoms with Crippen LogP contribution in [0.15, 0.2) is 23.4 Å². The number of methoxy groups -OCH3 is 1. The van der Waals surface area contributed by atoms with Gasteiger partial charge in [0.05, 0.1) is 12.8 Å². The predicted molar refractivity (Wildman–Crippen MR) is 67.0 cm³/mol. The molecule has 0 saturated heterocycles. The number of ether oxygens (including phenoxy) is 1. The average Bonchev–Trinajstić information content (AvgIpc) is 2.39. The summed E-state index contributed by atoms with van der Waals surface area (Å²) in [6.07, 6.45) is -1.22. The summed E-state index contributed by atoms with van der Waals surface area (Å²) in [6.45, 7) is 0. The van der Waals surface area contributed by atoms with E-state index in [0.29, 0.717) is 0 Å². The van der Waals surface area contributed by atoms with Gasteiger partial charge in [-0.2, -0.15) is 8.42 Å². The molecule has 9 nitrogen and oxygen atoms in total. The summed E-state index contributed by atoms with van der Waals surface area (Å²) in [7, 11) is -3.34. The zero-order chi connectivity index (χ0) is 15.3. The lowest BCUT2D eigenvalue weighted by molar-refractivity contribution is 0.177. The highest BCUT2D eigenvalue weighted by Gasteiger charge is 2.18. The van der Waals surface area contributed by atoms with Crippen molar-refractivity contribution in [1.82, 2.24) is 4.72 Å². The summed E-state index contributed by atoms with van der Waals surface area (Å²) in [6, 6.07) is 2.84. The number of benzene rings is 1. The van der Waals surface area contributed by atoms with Crippen LogP contribution < -0.4 is 15.2 Å². The second kappa shape index (κ2) is 6.06. The molecule has 110 valence electrons. The van der Waals surface area contributed by atoms with Gasteiger partial charge < -0.3 is 15.7 Å². The molecule has 0 aliphatic rings. The largest absolute Gasteiger partial charge is 0.452 e. The number of hydrogen-bond acceptors (Lipinski definition) is 6. The Balaban J connectivity index is 3.12. The Morgan fingerprint density at radius 3 is 2.70 bits per heavy atom. The zero-order valence-electron chi connectivity index (χ0n) is 10.1. The Kier molecular flexibility index (Phi) is 4.69. The highest BCUT2D eigenvalue weighted by atomic mass is 32.2. The van der Waals surface area contributed by atoms with E-state index in [0.717, 1.165) is 25.3 Å². The normalized spacial score (nSPS) is 11.8. The van der Waals surface area contributed by atoms with Crippen molar-refractivity contribution in [2.24, 2.45) is 10.9 Å². The van der Waals surface area contributed by atoms with Crippen LogP contribution in [0.25, 0.3) is 0 Å². The summed E-state index contributed by atoms with van der Waals surface area (Å²) in [5, 5.41) is 11.2. The molecule has 20 heavy (non-hydrogen) atoms. The molecule has 0 spiro atoms. The van der Waals surface area contributed by atoms with E-state index in [1.165, 1.54) is 4.72 Å². The van der Waals surface area contributed by atoms with Crippen LogP contribution in [0.2, 0.25) is 0 Å². The standard InChI is InChI=1S/C9H11FN4O5S/c1-19-9(15)14-20(17,18)13-7-3-2-5(10)4-6(7)8(11)12-16/h2-4,13,16H,1H3,(H2,11,12)(H,14,15). The first-order valence-corrected chi connectivity index (χ1v) is 6.43. The molecule has 1 rings (SSSR count). The minimum absolute atomic E-state index is 0.196. The van der Waals surface area contributed by atoms with Crippen LogP contribution in [0.5, 0.6) is 0 Å². The number of nitrogens with one attached hydrogen (secondary N) is 2. The Bertz CT molecular complexity index is 646. The lowest BCUT2D eigenvalue weighted by atomic mass is 10.1. The molecule has 0 saturated carbocycles. The van der Waals surface area contributed by atoms with Crippen molar-refractivity contribution in [2.75, 3.05) is 11.8 Å². The highest BCUT2D eigenvalue weighted by molar-refractivity contribution is 7.91. The van der Waals surface area contributed by atoms with Gasteiger partial charge in [0.1, 0.15) is 5.82 Å². The van der Waals surface area contributed by atoms with E-state index in [2.05, 4.69) is 9.89 Å². The van der Waals surface area contributed by atoms with Gasteiger partial charge in [-0.1, -0.05) is 5.16 Å². The number of amidine groups is 1. The molecule has 0 fully saturated rings. The van der Waals surface area contributed by atoms with Crippen molar-refractivity contribution in [2.45, 2.75) is 0 Å². The first kappa shape index (κ1) is 15.5. The number of anilines is 1.